The minimum atomic E-state index is -0.150. The number of methoxy groups -OCH3 is 1. The molecule has 1 heterocycles. The zero-order valence-electron chi connectivity index (χ0n) is 15.1. The van der Waals surface area contributed by atoms with Crippen molar-refractivity contribution in [3.8, 4) is 5.75 Å². The molecule has 1 fully saturated rings. The second-order valence-corrected chi connectivity index (χ2v) is 6.24. The third kappa shape index (κ3) is 4.14. The summed E-state index contributed by atoms with van der Waals surface area (Å²) in [5.74, 6) is 0.677. The molecule has 6 nitrogen and oxygen atoms in total. The first-order chi connectivity index (χ1) is 12.6. The molecule has 2 aromatic rings. The molecule has 1 aliphatic heterocycles. The lowest BCUT2D eigenvalue weighted by Crippen LogP contribution is -2.48. The Bertz CT molecular complexity index is 781. The summed E-state index contributed by atoms with van der Waals surface area (Å²) in [5, 5.41) is 2.71. The third-order valence-corrected chi connectivity index (χ3v) is 4.43. The quantitative estimate of drug-likeness (QED) is 0.918. The van der Waals surface area contributed by atoms with Crippen LogP contribution >= 0.6 is 0 Å². The van der Waals surface area contributed by atoms with Gasteiger partial charge in [0.15, 0.2) is 0 Å². The minimum absolute atomic E-state index is 0.00779. The van der Waals surface area contributed by atoms with Crippen LogP contribution in [0.1, 0.15) is 17.3 Å². The summed E-state index contributed by atoms with van der Waals surface area (Å²) in [5.41, 5.74) is 2.36. The monoisotopic (exact) mass is 353 g/mol. The Morgan fingerprint density at radius 2 is 1.69 bits per heavy atom. The van der Waals surface area contributed by atoms with Gasteiger partial charge in [-0.2, -0.15) is 0 Å². The first-order valence-corrected chi connectivity index (χ1v) is 8.63. The Hall–Kier alpha value is -3.02. The van der Waals surface area contributed by atoms with Crippen LogP contribution in [0, 0.1) is 0 Å². The molecule has 136 valence electrons. The standard InChI is InChI=1S/C20H23N3O3/c1-15(24)21-17-5-3-4-16(14-17)20(25)23-12-10-22(11-13-23)18-6-8-19(26-2)9-7-18/h3-9,14H,10-13H2,1-2H3,(H,21,24). The summed E-state index contributed by atoms with van der Waals surface area (Å²) in [6.45, 7) is 4.34. The molecule has 0 spiro atoms. The van der Waals surface area contributed by atoms with Gasteiger partial charge in [-0.15, -0.1) is 0 Å². The van der Waals surface area contributed by atoms with Crippen molar-refractivity contribution in [2.24, 2.45) is 0 Å². The van der Waals surface area contributed by atoms with Crippen molar-refractivity contribution < 1.29 is 14.3 Å². The first-order valence-electron chi connectivity index (χ1n) is 8.63. The topological polar surface area (TPSA) is 61.9 Å². The van der Waals surface area contributed by atoms with Crippen LogP contribution < -0.4 is 15.0 Å². The molecule has 0 saturated carbocycles. The summed E-state index contributed by atoms with van der Waals surface area (Å²) < 4.78 is 5.19. The second-order valence-electron chi connectivity index (χ2n) is 6.24. The molecule has 0 aromatic heterocycles. The van der Waals surface area contributed by atoms with Gasteiger partial charge in [0.05, 0.1) is 7.11 Å². The van der Waals surface area contributed by atoms with Gasteiger partial charge >= 0.3 is 0 Å². The van der Waals surface area contributed by atoms with Crippen LogP contribution in [0.3, 0.4) is 0 Å². The highest BCUT2D eigenvalue weighted by Crippen LogP contribution is 2.21. The van der Waals surface area contributed by atoms with Gasteiger partial charge in [-0.25, -0.2) is 0 Å². The van der Waals surface area contributed by atoms with Crippen LogP contribution in [0.25, 0.3) is 0 Å². The maximum atomic E-state index is 12.7. The minimum Gasteiger partial charge on any atom is -0.497 e. The van der Waals surface area contributed by atoms with E-state index >= 15 is 0 Å². The Balaban J connectivity index is 1.62. The number of ether oxygens (including phenoxy) is 1. The van der Waals surface area contributed by atoms with Gasteiger partial charge in [-0.3, -0.25) is 9.59 Å². The van der Waals surface area contributed by atoms with Gasteiger partial charge in [0.2, 0.25) is 5.91 Å². The van der Waals surface area contributed by atoms with E-state index in [1.807, 2.05) is 29.2 Å². The molecule has 0 bridgehead atoms. The van der Waals surface area contributed by atoms with Crippen LogP contribution in [-0.2, 0) is 4.79 Å². The SMILES string of the molecule is COc1ccc(N2CCN(C(=O)c3cccc(NC(C)=O)c3)CC2)cc1. The van der Waals surface area contributed by atoms with Crippen molar-refractivity contribution in [3.63, 3.8) is 0 Å². The summed E-state index contributed by atoms with van der Waals surface area (Å²) in [6.07, 6.45) is 0. The zero-order chi connectivity index (χ0) is 18.5. The normalized spacial score (nSPS) is 14.1. The summed E-state index contributed by atoms with van der Waals surface area (Å²) in [4.78, 5) is 28.0. The molecule has 0 aliphatic carbocycles. The summed E-state index contributed by atoms with van der Waals surface area (Å²) in [6, 6.07) is 15.0. The number of piperazine rings is 1. The van der Waals surface area contributed by atoms with Gasteiger partial charge in [0, 0.05) is 50.0 Å². The van der Waals surface area contributed by atoms with Crippen molar-refractivity contribution in [1.29, 1.82) is 0 Å². The molecule has 1 N–H and O–H groups in total. The Morgan fingerprint density at radius 3 is 2.31 bits per heavy atom. The zero-order valence-corrected chi connectivity index (χ0v) is 15.1. The van der Waals surface area contributed by atoms with Crippen LogP contribution in [0.5, 0.6) is 5.75 Å². The van der Waals surface area contributed by atoms with E-state index < -0.39 is 0 Å². The summed E-state index contributed by atoms with van der Waals surface area (Å²) >= 11 is 0. The maximum absolute atomic E-state index is 12.7. The fraction of sp³-hybridized carbons (Fsp3) is 0.300. The fourth-order valence-electron chi connectivity index (χ4n) is 3.08. The van der Waals surface area contributed by atoms with E-state index in [0.717, 1.165) is 24.5 Å². The molecule has 0 unspecified atom stereocenters. The average Bonchev–Trinajstić information content (AvgIpc) is 2.67. The van der Waals surface area contributed by atoms with E-state index in [1.54, 1.807) is 31.4 Å². The molecular weight excluding hydrogens is 330 g/mol. The number of carbonyl (C=O) groups is 2. The van der Waals surface area contributed by atoms with Crippen LogP contribution in [-0.4, -0.2) is 50.0 Å². The molecule has 3 rings (SSSR count). The lowest BCUT2D eigenvalue weighted by molar-refractivity contribution is -0.114. The highest BCUT2D eigenvalue weighted by Gasteiger charge is 2.22. The van der Waals surface area contributed by atoms with E-state index in [-0.39, 0.29) is 11.8 Å². The van der Waals surface area contributed by atoms with E-state index in [1.165, 1.54) is 6.92 Å². The highest BCUT2D eigenvalue weighted by molar-refractivity contribution is 5.97. The van der Waals surface area contributed by atoms with E-state index in [2.05, 4.69) is 10.2 Å². The van der Waals surface area contributed by atoms with Gasteiger partial charge in [0.25, 0.3) is 5.91 Å². The van der Waals surface area contributed by atoms with Crippen LogP contribution in [0.2, 0.25) is 0 Å². The van der Waals surface area contributed by atoms with Gasteiger partial charge in [-0.05, 0) is 42.5 Å². The average molecular weight is 353 g/mol. The molecule has 6 heteroatoms. The Morgan fingerprint density at radius 1 is 1.00 bits per heavy atom. The van der Waals surface area contributed by atoms with E-state index in [4.69, 9.17) is 4.74 Å². The number of hydrogen-bond acceptors (Lipinski definition) is 4. The molecule has 1 saturated heterocycles. The molecule has 0 radical (unpaired) electrons. The van der Waals surface area contributed by atoms with Gasteiger partial charge < -0.3 is 19.9 Å². The van der Waals surface area contributed by atoms with Crippen molar-refractivity contribution in [2.45, 2.75) is 6.92 Å². The number of amides is 2. The van der Waals surface area contributed by atoms with Crippen LogP contribution in [0.4, 0.5) is 11.4 Å². The molecule has 26 heavy (non-hydrogen) atoms. The van der Waals surface area contributed by atoms with Gasteiger partial charge in [0.1, 0.15) is 5.75 Å². The number of nitrogens with zero attached hydrogens (tertiary/aromatic N) is 2. The van der Waals surface area contributed by atoms with Crippen molar-refractivity contribution in [1.82, 2.24) is 4.90 Å². The third-order valence-electron chi connectivity index (χ3n) is 4.43. The van der Waals surface area contributed by atoms with E-state index in [0.29, 0.717) is 24.3 Å². The fourth-order valence-corrected chi connectivity index (χ4v) is 3.08. The number of hydrogen-bond donors (Lipinski definition) is 1. The van der Waals surface area contributed by atoms with Crippen molar-refractivity contribution >= 4 is 23.2 Å². The highest BCUT2D eigenvalue weighted by atomic mass is 16.5. The molecule has 0 atom stereocenters. The predicted molar refractivity (Wildman–Crippen MR) is 102 cm³/mol. The number of benzene rings is 2. The van der Waals surface area contributed by atoms with Crippen LogP contribution in [0.15, 0.2) is 48.5 Å². The Labute approximate surface area is 153 Å². The molecule has 1 aliphatic rings. The number of carbonyl (C=O) groups excluding carboxylic acids is 2. The van der Waals surface area contributed by atoms with Crippen molar-refractivity contribution in [3.05, 3.63) is 54.1 Å². The number of anilines is 2. The molecular formula is C20H23N3O3. The Kier molecular flexibility index (Phi) is 5.41. The number of rotatable bonds is 4. The molecule has 2 aromatic carbocycles. The lowest BCUT2D eigenvalue weighted by atomic mass is 10.1. The summed E-state index contributed by atoms with van der Waals surface area (Å²) in [7, 11) is 1.65. The van der Waals surface area contributed by atoms with E-state index in [9.17, 15) is 9.59 Å². The van der Waals surface area contributed by atoms with Gasteiger partial charge in [-0.1, -0.05) is 6.07 Å². The molecule has 2 amide bonds. The smallest absolute Gasteiger partial charge is 0.254 e. The largest absolute Gasteiger partial charge is 0.497 e. The second kappa shape index (κ2) is 7.91. The number of nitrogens with one attached hydrogen (secondary N) is 1. The lowest BCUT2D eigenvalue weighted by Gasteiger charge is -2.36. The first kappa shape index (κ1) is 17.8. The maximum Gasteiger partial charge on any atom is 0.254 e. The van der Waals surface area contributed by atoms with Crippen molar-refractivity contribution in [2.75, 3.05) is 43.5 Å². The predicted octanol–water partition coefficient (Wildman–Crippen LogP) is 2.62.